The number of hydrogen-bond donors (Lipinski definition) is 0. The number of benzene rings is 1. The summed E-state index contributed by atoms with van der Waals surface area (Å²) in [6.45, 7) is 10.9. The van der Waals surface area contributed by atoms with Crippen molar-refractivity contribution in [1.29, 1.82) is 0 Å². The SMILES string of the molecule is Cc1ccc(S(=O)(=O)OCC(CF)O[Si](C)(C)C(C)(C)C)cc1. The van der Waals surface area contributed by atoms with E-state index in [-0.39, 0.29) is 16.5 Å². The fraction of sp³-hybridized carbons (Fsp3) is 0.625. The molecule has 132 valence electrons. The lowest BCUT2D eigenvalue weighted by molar-refractivity contribution is 0.0946. The lowest BCUT2D eigenvalue weighted by atomic mass is 10.2. The predicted molar refractivity (Wildman–Crippen MR) is 92.4 cm³/mol. The van der Waals surface area contributed by atoms with Gasteiger partial charge in [-0.1, -0.05) is 38.5 Å². The Balaban J connectivity index is 2.76. The summed E-state index contributed by atoms with van der Waals surface area (Å²) in [6.07, 6.45) is -0.879. The summed E-state index contributed by atoms with van der Waals surface area (Å²) >= 11 is 0. The van der Waals surface area contributed by atoms with Gasteiger partial charge in [0.15, 0.2) is 8.32 Å². The third-order valence-electron chi connectivity index (χ3n) is 4.16. The van der Waals surface area contributed by atoms with Crippen LogP contribution in [-0.2, 0) is 18.7 Å². The zero-order valence-electron chi connectivity index (χ0n) is 14.7. The molecule has 0 aliphatic heterocycles. The van der Waals surface area contributed by atoms with Crippen LogP contribution in [0.5, 0.6) is 0 Å². The molecule has 0 saturated carbocycles. The minimum absolute atomic E-state index is 0.0630. The first kappa shape index (κ1) is 20.3. The van der Waals surface area contributed by atoms with E-state index in [0.29, 0.717) is 0 Å². The molecule has 0 saturated heterocycles. The van der Waals surface area contributed by atoms with Gasteiger partial charge in [0.2, 0.25) is 0 Å². The molecule has 1 unspecified atom stereocenters. The molecule has 7 heteroatoms. The molecule has 0 aromatic heterocycles. The van der Waals surface area contributed by atoms with E-state index in [2.05, 4.69) is 0 Å². The van der Waals surface area contributed by atoms with Crippen molar-refractivity contribution in [2.45, 2.75) is 56.8 Å². The lowest BCUT2D eigenvalue weighted by Gasteiger charge is -2.38. The molecule has 0 bridgehead atoms. The largest absolute Gasteiger partial charge is 0.409 e. The first-order valence-electron chi connectivity index (χ1n) is 7.59. The first-order valence-corrected chi connectivity index (χ1v) is 11.9. The maximum Gasteiger partial charge on any atom is 0.297 e. The van der Waals surface area contributed by atoms with Gasteiger partial charge in [0, 0.05) is 0 Å². The first-order chi connectivity index (χ1) is 10.4. The Labute approximate surface area is 140 Å². The predicted octanol–water partition coefficient (Wildman–Crippen LogP) is 4.06. The van der Waals surface area contributed by atoms with Gasteiger partial charge in [-0.2, -0.15) is 8.42 Å². The Hall–Kier alpha value is -0.763. The molecule has 0 aliphatic carbocycles. The molecule has 1 rings (SSSR count). The topological polar surface area (TPSA) is 52.6 Å². The molecule has 0 amide bonds. The number of rotatable bonds is 7. The van der Waals surface area contributed by atoms with Crippen LogP contribution in [0, 0.1) is 6.92 Å². The van der Waals surface area contributed by atoms with Crippen LogP contribution < -0.4 is 0 Å². The number of aryl methyl sites for hydroxylation is 1. The van der Waals surface area contributed by atoms with Gasteiger partial charge < -0.3 is 4.43 Å². The van der Waals surface area contributed by atoms with Gasteiger partial charge in [0.05, 0.1) is 17.6 Å². The van der Waals surface area contributed by atoms with E-state index < -0.39 is 31.2 Å². The summed E-state index contributed by atoms with van der Waals surface area (Å²) in [5, 5.41) is -0.0871. The van der Waals surface area contributed by atoms with Crippen molar-refractivity contribution in [3.63, 3.8) is 0 Å². The van der Waals surface area contributed by atoms with Gasteiger partial charge in [-0.05, 0) is 37.2 Å². The summed E-state index contributed by atoms with van der Waals surface area (Å²) < 4.78 is 48.4. The van der Waals surface area contributed by atoms with Crippen molar-refractivity contribution in [3.05, 3.63) is 29.8 Å². The van der Waals surface area contributed by atoms with Crippen LogP contribution in [0.1, 0.15) is 26.3 Å². The normalized spacial score (nSPS) is 14.7. The van der Waals surface area contributed by atoms with E-state index in [4.69, 9.17) is 8.61 Å². The fourth-order valence-electron chi connectivity index (χ4n) is 1.64. The van der Waals surface area contributed by atoms with Crippen LogP contribution in [0.4, 0.5) is 4.39 Å². The summed E-state index contributed by atoms with van der Waals surface area (Å²) in [5.74, 6) is 0. The molecule has 1 atom stereocenters. The average molecular weight is 363 g/mol. The molecular weight excluding hydrogens is 335 g/mol. The van der Waals surface area contributed by atoms with Crippen molar-refractivity contribution >= 4 is 18.4 Å². The van der Waals surface area contributed by atoms with E-state index in [1.807, 2.05) is 40.8 Å². The van der Waals surface area contributed by atoms with E-state index in [0.717, 1.165) is 5.56 Å². The Bertz CT molecular complexity index is 606. The van der Waals surface area contributed by atoms with Gasteiger partial charge in [0.25, 0.3) is 10.1 Å². The average Bonchev–Trinajstić information content (AvgIpc) is 2.42. The maximum absolute atomic E-state index is 13.2. The van der Waals surface area contributed by atoms with Gasteiger partial charge in [-0.25, -0.2) is 4.39 Å². The van der Waals surface area contributed by atoms with Crippen LogP contribution in [0.3, 0.4) is 0 Å². The molecule has 0 aliphatic rings. The van der Waals surface area contributed by atoms with E-state index in [9.17, 15) is 12.8 Å². The lowest BCUT2D eigenvalue weighted by Crippen LogP contribution is -2.45. The van der Waals surface area contributed by atoms with Crippen molar-refractivity contribution in [3.8, 4) is 0 Å². The molecule has 0 spiro atoms. The van der Waals surface area contributed by atoms with Gasteiger partial charge >= 0.3 is 0 Å². The van der Waals surface area contributed by atoms with Crippen molar-refractivity contribution in [2.24, 2.45) is 0 Å². The smallest absolute Gasteiger partial charge is 0.297 e. The van der Waals surface area contributed by atoms with Crippen LogP contribution in [-0.4, -0.2) is 36.1 Å². The summed E-state index contributed by atoms with van der Waals surface area (Å²) in [7, 11) is -6.09. The molecule has 4 nitrogen and oxygen atoms in total. The van der Waals surface area contributed by atoms with E-state index in [1.165, 1.54) is 12.1 Å². The zero-order chi connectivity index (χ0) is 17.9. The van der Waals surface area contributed by atoms with Crippen molar-refractivity contribution in [1.82, 2.24) is 0 Å². The summed E-state index contributed by atoms with van der Waals surface area (Å²) in [4.78, 5) is 0.0630. The summed E-state index contributed by atoms with van der Waals surface area (Å²) in [6, 6.07) is 6.33. The highest BCUT2D eigenvalue weighted by Crippen LogP contribution is 2.37. The number of halogens is 1. The van der Waals surface area contributed by atoms with Crippen LogP contribution in [0.2, 0.25) is 18.1 Å². The Morgan fingerprint density at radius 1 is 1.17 bits per heavy atom. The second-order valence-corrected chi connectivity index (χ2v) is 13.6. The molecule has 23 heavy (non-hydrogen) atoms. The number of alkyl halides is 1. The van der Waals surface area contributed by atoms with Gasteiger partial charge in [-0.3, -0.25) is 4.18 Å². The molecule has 0 radical (unpaired) electrons. The monoisotopic (exact) mass is 362 g/mol. The van der Waals surface area contributed by atoms with E-state index in [1.54, 1.807) is 12.1 Å². The molecule has 1 aromatic rings. The van der Waals surface area contributed by atoms with Crippen LogP contribution in [0.25, 0.3) is 0 Å². The number of hydrogen-bond acceptors (Lipinski definition) is 4. The third kappa shape index (κ3) is 5.67. The fourth-order valence-corrected chi connectivity index (χ4v) is 3.90. The maximum atomic E-state index is 13.2. The molecular formula is C16H27FO4SSi. The van der Waals surface area contributed by atoms with Crippen molar-refractivity contribution in [2.75, 3.05) is 13.3 Å². The van der Waals surface area contributed by atoms with Gasteiger partial charge in [0.1, 0.15) is 6.67 Å². The zero-order valence-corrected chi connectivity index (χ0v) is 16.5. The van der Waals surface area contributed by atoms with Crippen molar-refractivity contribution < 1.29 is 21.4 Å². The van der Waals surface area contributed by atoms with Crippen LogP contribution >= 0.6 is 0 Å². The van der Waals surface area contributed by atoms with Crippen LogP contribution in [0.15, 0.2) is 29.2 Å². The van der Waals surface area contributed by atoms with E-state index >= 15 is 0 Å². The Morgan fingerprint density at radius 3 is 2.13 bits per heavy atom. The standard InChI is InChI=1S/C16H27FO4SSi/c1-13-7-9-15(10-8-13)22(18,19)20-12-14(11-17)21-23(5,6)16(2,3)4/h7-10,14H,11-12H2,1-6H3. The Morgan fingerprint density at radius 2 is 1.70 bits per heavy atom. The van der Waals surface area contributed by atoms with Gasteiger partial charge in [-0.15, -0.1) is 0 Å². The minimum atomic E-state index is -3.90. The molecule has 0 fully saturated rings. The minimum Gasteiger partial charge on any atom is -0.409 e. The second-order valence-electron chi connectivity index (χ2n) is 7.21. The second kappa shape index (κ2) is 7.42. The Kier molecular flexibility index (Phi) is 6.54. The highest BCUT2D eigenvalue weighted by Gasteiger charge is 2.39. The molecule has 1 aromatic carbocycles. The quantitative estimate of drug-likeness (QED) is 0.542. The molecule has 0 N–H and O–H groups in total. The summed E-state index contributed by atoms with van der Waals surface area (Å²) in [5.41, 5.74) is 0.951. The molecule has 0 heterocycles. The highest BCUT2D eigenvalue weighted by atomic mass is 32.2. The third-order valence-corrected chi connectivity index (χ3v) is 9.99. The highest BCUT2D eigenvalue weighted by molar-refractivity contribution is 7.86.